The first-order valence-corrected chi connectivity index (χ1v) is 8.80. The molecule has 0 unspecified atom stereocenters. The molecule has 0 spiro atoms. The van der Waals surface area contributed by atoms with E-state index in [1.165, 1.54) is 29.7 Å². The molecule has 0 atom stereocenters. The maximum absolute atomic E-state index is 10.1. The van der Waals surface area contributed by atoms with Gasteiger partial charge in [-0.15, -0.1) is 0 Å². The van der Waals surface area contributed by atoms with Crippen LogP contribution >= 0.6 is 45.2 Å². The molecular formula is C14H20I2N2O. The molecule has 3 nitrogen and oxygen atoms in total. The first kappa shape index (κ1) is 15.8. The minimum absolute atomic E-state index is 0.472. The Hall–Kier alpha value is 0.400. The summed E-state index contributed by atoms with van der Waals surface area (Å²) in [6, 6.07) is 4.11. The highest BCUT2D eigenvalue weighted by Crippen LogP contribution is 2.27. The van der Waals surface area contributed by atoms with Crippen molar-refractivity contribution in [1.29, 1.82) is 0 Å². The predicted octanol–water partition coefficient (Wildman–Crippen LogP) is 2.78. The highest BCUT2D eigenvalue weighted by atomic mass is 127. The summed E-state index contributed by atoms with van der Waals surface area (Å²) in [5, 5.41) is 10.1. The van der Waals surface area contributed by atoms with E-state index in [1.54, 1.807) is 0 Å². The van der Waals surface area contributed by atoms with Gasteiger partial charge < -0.3 is 14.9 Å². The Morgan fingerprint density at radius 1 is 1.16 bits per heavy atom. The first-order valence-electron chi connectivity index (χ1n) is 6.64. The summed E-state index contributed by atoms with van der Waals surface area (Å²) in [6.45, 7) is 5.83. The number of piperazine rings is 1. The van der Waals surface area contributed by atoms with Gasteiger partial charge in [0.1, 0.15) is 5.75 Å². The minimum atomic E-state index is 0.472. The number of aromatic hydroxyl groups is 1. The average Bonchev–Trinajstić information content (AvgIpc) is 2.37. The summed E-state index contributed by atoms with van der Waals surface area (Å²) in [5.41, 5.74) is 1.09. The van der Waals surface area contributed by atoms with Crippen molar-refractivity contribution in [3.05, 3.63) is 24.8 Å². The van der Waals surface area contributed by atoms with E-state index >= 15 is 0 Å². The molecule has 106 valence electrons. The fourth-order valence-electron chi connectivity index (χ4n) is 2.37. The van der Waals surface area contributed by atoms with E-state index in [2.05, 4.69) is 68.1 Å². The number of hydrogen-bond acceptors (Lipinski definition) is 3. The van der Waals surface area contributed by atoms with E-state index in [4.69, 9.17) is 0 Å². The summed E-state index contributed by atoms with van der Waals surface area (Å²) in [4.78, 5) is 4.90. The molecule has 1 saturated heterocycles. The number of halogens is 2. The first-order chi connectivity index (χ1) is 9.06. The van der Waals surface area contributed by atoms with Gasteiger partial charge in [-0.3, -0.25) is 0 Å². The molecule has 1 aliphatic rings. The fraction of sp³-hybridized carbons (Fsp3) is 0.571. The Morgan fingerprint density at radius 2 is 1.84 bits per heavy atom. The monoisotopic (exact) mass is 486 g/mol. The molecule has 0 bridgehead atoms. The Bertz CT molecular complexity index is 432. The lowest BCUT2D eigenvalue weighted by Gasteiger charge is -2.32. The van der Waals surface area contributed by atoms with Gasteiger partial charge in [0.25, 0.3) is 0 Å². The Kier molecular flexibility index (Phi) is 6.16. The lowest BCUT2D eigenvalue weighted by Crippen LogP contribution is -2.44. The zero-order valence-corrected chi connectivity index (χ0v) is 15.5. The fourth-order valence-corrected chi connectivity index (χ4v) is 4.34. The summed E-state index contributed by atoms with van der Waals surface area (Å²) < 4.78 is 2.16. The molecule has 1 fully saturated rings. The Balaban J connectivity index is 1.83. The Morgan fingerprint density at radius 3 is 2.53 bits per heavy atom. The lowest BCUT2D eigenvalue weighted by atomic mass is 10.1. The second-order valence-corrected chi connectivity index (χ2v) is 7.55. The van der Waals surface area contributed by atoms with Crippen LogP contribution in [-0.2, 0) is 6.42 Å². The molecular weight excluding hydrogens is 466 g/mol. The van der Waals surface area contributed by atoms with Crippen molar-refractivity contribution in [3.8, 4) is 5.75 Å². The van der Waals surface area contributed by atoms with Gasteiger partial charge in [-0.1, -0.05) is 0 Å². The molecule has 0 aromatic heterocycles. The predicted molar refractivity (Wildman–Crippen MR) is 95.8 cm³/mol. The van der Waals surface area contributed by atoms with Crippen molar-refractivity contribution in [2.24, 2.45) is 0 Å². The summed E-state index contributed by atoms with van der Waals surface area (Å²) in [5.74, 6) is 0.472. The highest BCUT2D eigenvalue weighted by Gasteiger charge is 2.13. The number of likely N-dealkylation sites (N-methyl/N-ethyl adjacent to an activating group) is 1. The maximum atomic E-state index is 10.1. The van der Waals surface area contributed by atoms with Gasteiger partial charge in [0.15, 0.2) is 0 Å². The van der Waals surface area contributed by atoms with Gasteiger partial charge in [0, 0.05) is 29.7 Å². The number of benzene rings is 1. The number of nitrogens with zero attached hydrogens (tertiary/aromatic N) is 2. The van der Waals surface area contributed by atoms with Crippen LogP contribution in [0.4, 0.5) is 0 Å². The van der Waals surface area contributed by atoms with Crippen LogP contribution in [-0.4, -0.2) is 54.7 Å². The zero-order valence-electron chi connectivity index (χ0n) is 11.2. The third-order valence-electron chi connectivity index (χ3n) is 3.62. The smallest absolute Gasteiger partial charge is 0.132 e. The van der Waals surface area contributed by atoms with Gasteiger partial charge in [-0.2, -0.15) is 0 Å². The average molecular weight is 486 g/mol. The molecule has 0 amide bonds. The third kappa shape index (κ3) is 4.71. The summed E-state index contributed by atoms with van der Waals surface area (Å²) >= 11 is 4.52. The van der Waals surface area contributed by atoms with E-state index in [1.807, 2.05) is 6.07 Å². The molecule has 0 radical (unpaired) electrons. The van der Waals surface area contributed by atoms with Crippen molar-refractivity contribution >= 4 is 45.2 Å². The van der Waals surface area contributed by atoms with Crippen LogP contribution in [0.25, 0.3) is 0 Å². The minimum Gasteiger partial charge on any atom is -0.507 e. The number of hydrogen-bond donors (Lipinski definition) is 1. The van der Waals surface area contributed by atoms with Crippen LogP contribution in [0.5, 0.6) is 5.75 Å². The van der Waals surface area contributed by atoms with Crippen LogP contribution < -0.4 is 0 Å². The van der Waals surface area contributed by atoms with Crippen molar-refractivity contribution in [1.82, 2.24) is 9.80 Å². The molecule has 19 heavy (non-hydrogen) atoms. The van der Waals surface area contributed by atoms with Crippen molar-refractivity contribution in [2.75, 3.05) is 39.8 Å². The third-order valence-corrected chi connectivity index (χ3v) is 5.07. The van der Waals surface area contributed by atoms with Crippen LogP contribution in [0.2, 0.25) is 0 Å². The molecule has 1 heterocycles. The number of aryl methyl sites for hydroxylation is 1. The van der Waals surface area contributed by atoms with Crippen LogP contribution in [0, 0.1) is 7.14 Å². The van der Waals surface area contributed by atoms with E-state index in [9.17, 15) is 5.11 Å². The van der Waals surface area contributed by atoms with E-state index in [-0.39, 0.29) is 0 Å². The van der Waals surface area contributed by atoms with Crippen molar-refractivity contribution in [3.63, 3.8) is 0 Å². The van der Waals surface area contributed by atoms with E-state index in [0.29, 0.717) is 5.75 Å². The molecule has 1 N–H and O–H groups in total. The van der Waals surface area contributed by atoms with Crippen molar-refractivity contribution < 1.29 is 5.11 Å². The molecule has 5 heteroatoms. The van der Waals surface area contributed by atoms with Gasteiger partial charge in [-0.25, -0.2) is 0 Å². The molecule has 0 aliphatic carbocycles. The van der Waals surface area contributed by atoms with Crippen LogP contribution in [0.3, 0.4) is 0 Å². The standard InChI is InChI=1S/C14H20I2N2O/c1-17-5-7-18(8-6-17)4-2-3-11-9-12(15)10-13(16)14(11)19/h9-10,19H,2-8H2,1H3. The Labute approximate surface area is 142 Å². The van der Waals surface area contributed by atoms with Gasteiger partial charge >= 0.3 is 0 Å². The van der Waals surface area contributed by atoms with E-state index in [0.717, 1.165) is 28.5 Å². The summed E-state index contributed by atoms with van der Waals surface area (Å²) in [7, 11) is 2.18. The van der Waals surface area contributed by atoms with Crippen LogP contribution in [0.15, 0.2) is 12.1 Å². The number of rotatable bonds is 4. The van der Waals surface area contributed by atoms with Crippen LogP contribution in [0.1, 0.15) is 12.0 Å². The second-order valence-electron chi connectivity index (χ2n) is 5.14. The lowest BCUT2D eigenvalue weighted by molar-refractivity contribution is 0.153. The van der Waals surface area contributed by atoms with Crippen molar-refractivity contribution in [2.45, 2.75) is 12.8 Å². The maximum Gasteiger partial charge on any atom is 0.132 e. The SMILES string of the molecule is CN1CCN(CCCc2cc(I)cc(I)c2O)CC1. The summed E-state index contributed by atoms with van der Waals surface area (Å²) in [6.07, 6.45) is 2.08. The zero-order chi connectivity index (χ0) is 13.8. The number of phenolic OH excluding ortho intramolecular Hbond substituents is 1. The number of phenols is 1. The highest BCUT2D eigenvalue weighted by molar-refractivity contribution is 14.1. The molecule has 1 aromatic rings. The van der Waals surface area contributed by atoms with Gasteiger partial charge in [0.05, 0.1) is 3.57 Å². The second kappa shape index (κ2) is 7.42. The molecule has 1 aromatic carbocycles. The quantitative estimate of drug-likeness (QED) is 0.664. The van der Waals surface area contributed by atoms with Gasteiger partial charge in [0.2, 0.25) is 0 Å². The molecule has 0 saturated carbocycles. The van der Waals surface area contributed by atoms with E-state index < -0.39 is 0 Å². The topological polar surface area (TPSA) is 26.7 Å². The van der Waals surface area contributed by atoms with Gasteiger partial charge in [-0.05, 0) is 89.3 Å². The molecule has 2 rings (SSSR count). The normalized spacial score (nSPS) is 17.8. The molecule has 1 aliphatic heterocycles. The largest absolute Gasteiger partial charge is 0.507 e.